The molecule has 1 aliphatic rings. The third-order valence-corrected chi connectivity index (χ3v) is 3.68. The summed E-state index contributed by atoms with van der Waals surface area (Å²) < 4.78 is 0. The van der Waals surface area contributed by atoms with Crippen LogP contribution in [0.2, 0.25) is 0 Å². The van der Waals surface area contributed by atoms with Crippen molar-refractivity contribution in [1.82, 2.24) is 15.2 Å². The van der Waals surface area contributed by atoms with Gasteiger partial charge in [0.15, 0.2) is 0 Å². The van der Waals surface area contributed by atoms with Crippen LogP contribution in [0.3, 0.4) is 0 Å². The van der Waals surface area contributed by atoms with Crippen LogP contribution in [0.15, 0.2) is 11.7 Å². The van der Waals surface area contributed by atoms with Crippen LogP contribution < -0.4 is 5.32 Å². The van der Waals surface area contributed by atoms with Gasteiger partial charge < -0.3 is 10.4 Å². The van der Waals surface area contributed by atoms with Gasteiger partial charge in [-0.05, 0) is 19.4 Å². The van der Waals surface area contributed by atoms with Crippen LogP contribution in [0, 0.1) is 0 Å². The van der Waals surface area contributed by atoms with Crippen LogP contribution in [-0.4, -0.2) is 47.3 Å². The van der Waals surface area contributed by atoms with Gasteiger partial charge in [-0.15, -0.1) is 11.3 Å². The molecule has 16 heavy (non-hydrogen) atoms. The van der Waals surface area contributed by atoms with E-state index >= 15 is 0 Å². The monoisotopic (exact) mass is 241 g/mol. The summed E-state index contributed by atoms with van der Waals surface area (Å²) in [6, 6.07) is 0.597. The maximum Gasteiger partial charge on any atom is 0.0794 e. The molecule has 0 radical (unpaired) electrons. The fourth-order valence-corrected chi connectivity index (χ4v) is 2.78. The molecule has 90 valence electrons. The summed E-state index contributed by atoms with van der Waals surface area (Å²) >= 11 is 1.68. The normalized spacial score (nSPS) is 20.8. The van der Waals surface area contributed by atoms with E-state index < -0.39 is 0 Å². The van der Waals surface area contributed by atoms with Gasteiger partial charge in [0.25, 0.3) is 0 Å². The van der Waals surface area contributed by atoms with E-state index in [0.717, 1.165) is 26.2 Å². The highest BCUT2D eigenvalue weighted by Gasteiger charge is 2.17. The molecule has 1 fully saturated rings. The van der Waals surface area contributed by atoms with Gasteiger partial charge in [0.1, 0.15) is 0 Å². The summed E-state index contributed by atoms with van der Waals surface area (Å²) in [5.74, 6) is 0. The lowest BCUT2D eigenvalue weighted by Gasteiger charge is -2.24. The number of aromatic nitrogens is 1. The first-order valence-corrected chi connectivity index (χ1v) is 6.70. The predicted octanol–water partition coefficient (Wildman–Crippen LogP) is 0.689. The number of rotatable bonds is 6. The van der Waals surface area contributed by atoms with Crippen LogP contribution in [-0.2, 0) is 6.54 Å². The number of nitrogens with zero attached hydrogens (tertiary/aromatic N) is 2. The van der Waals surface area contributed by atoms with Crippen molar-refractivity contribution in [3.05, 3.63) is 16.6 Å². The molecule has 1 saturated heterocycles. The van der Waals surface area contributed by atoms with Crippen molar-refractivity contribution in [3.63, 3.8) is 0 Å². The quantitative estimate of drug-likeness (QED) is 0.769. The third kappa shape index (κ3) is 3.52. The molecule has 1 aromatic rings. The second kappa shape index (κ2) is 6.30. The van der Waals surface area contributed by atoms with Crippen LogP contribution in [0.25, 0.3) is 0 Å². The molecule has 0 amide bonds. The first-order valence-electron chi connectivity index (χ1n) is 5.82. The Hall–Kier alpha value is -0.490. The first-order chi connectivity index (χ1) is 7.88. The maximum absolute atomic E-state index is 9.06. The molecule has 5 heteroatoms. The molecule has 1 atom stereocenters. The molecule has 2 rings (SSSR count). The van der Waals surface area contributed by atoms with Gasteiger partial charge >= 0.3 is 0 Å². The van der Waals surface area contributed by atoms with Gasteiger partial charge in [-0.1, -0.05) is 0 Å². The minimum absolute atomic E-state index is 0.228. The molecule has 2 N–H and O–H groups in total. The molecule has 0 saturated carbocycles. The molecule has 0 spiro atoms. The van der Waals surface area contributed by atoms with Gasteiger partial charge in [0.2, 0.25) is 0 Å². The van der Waals surface area contributed by atoms with E-state index in [2.05, 4.69) is 15.2 Å². The van der Waals surface area contributed by atoms with Gasteiger partial charge in [-0.25, -0.2) is 0 Å². The van der Waals surface area contributed by atoms with Crippen molar-refractivity contribution in [2.75, 3.05) is 26.2 Å². The Morgan fingerprint density at radius 1 is 1.62 bits per heavy atom. The van der Waals surface area contributed by atoms with E-state index in [-0.39, 0.29) is 6.61 Å². The van der Waals surface area contributed by atoms with E-state index in [1.807, 2.05) is 11.7 Å². The van der Waals surface area contributed by atoms with E-state index in [9.17, 15) is 0 Å². The lowest BCUT2D eigenvalue weighted by Crippen LogP contribution is -2.38. The van der Waals surface area contributed by atoms with Crippen LogP contribution in [0.1, 0.15) is 17.7 Å². The molecular formula is C11H19N3OS. The second-order valence-corrected chi connectivity index (χ2v) is 5.19. The molecule has 1 aliphatic heterocycles. The van der Waals surface area contributed by atoms with Crippen molar-refractivity contribution in [1.29, 1.82) is 0 Å². The van der Waals surface area contributed by atoms with Gasteiger partial charge in [0.05, 0.1) is 12.1 Å². The van der Waals surface area contributed by atoms with Crippen LogP contribution in [0.5, 0.6) is 0 Å². The third-order valence-electron chi connectivity index (χ3n) is 2.92. The van der Waals surface area contributed by atoms with Crippen molar-refractivity contribution >= 4 is 11.3 Å². The lowest BCUT2D eigenvalue weighted by molar-refractivity contribution is 0.180. The molecule has 0 aromatic carbocycles. The lowest BCUT2D eigenvalue weighted by atomic mass is 10.2. The summed E-state index contributed by atoms with van der Waals surface area (Å²) in [5.41, 5.74) is 1.86. The summed E-state index contributed by atoms with van der Waals surface area (Å²) in [7, 11) is 0. The average Bonchev–Trinajstić information content (AvgIpc) is 2.91. The van der Waals surface area contributed by atoms with Gasteiger partial charge in [-0.2, -0.15) is 0 Å². The Labute approximate surface area is 100 Å². The standard InChI is InChI=1S/C11H19N3OS/c15-5-4-14(7-10-2-1-3-13-10)8-11-6-12-9-16-11/h6,9-10,13,15H,1-5,7-8H2. The number of nitrogens with one attached hydrogen (secondary N) is 1. The maximum atomic E-state index is 9.06. The highest BCUT2D eigenvalue weighted by molar-refractivity contribution is 7.09. The van der Waals surface area contributed by atoms with Crippen LogP contribution in [0.4, 0.5) is 0 Å². The Kier molecular flexibility index (Phi) is 4.71. The van der Waals surface area contributed by atoms with Crippen molar-refractivity contribution in [2.45, 2.75) is 25.4 Å². The van der Waals surface area contributed by atoms with Crippen molar-refractivity contribution in [3.8, 4) is 0 Å². The second-order valence-electron chi connectivity index (χ2n) is 4.22. The van der Waals surface area contributed by atoms with Gasteiger partial charge in [-0.3, -0.25) is 9.88 Å². The molecular weight excluding hydrogens is 222 g/mol. The minimum Gasteiger partial charge on any atom is -0.395 e. The van der Waals surface area contributed by atoms with Crippen LogP contribution >= 0.6 is 11.3 Å². The number of aliphatic hydroxyl groups is 1. The van der Waals surface area contributed by atoms with Crippen molar-refractivity contribution < 1.29 is 5.11 Å². The zero-order valence-electron chi connectivity index (χ0n) is 9.43. The minimum atomic E-state index is 0.228. The van der Waals surface area contributed by atoms with E-state index in [4.69, 9.17) is 5.11 Å². The number of hydrogen-bond acceptors (Lipinski definition) is 5. The zero-order chi connectivity index (χ0) is 11.2. The summed E-state index contributed by atoms with van der Waals surface area (Å²) in [6.07, 6.45) is 4.44. The highest BCUT2D eigenvalue weighted by Crippen LogP contribution is 2.12. The SMILES string of the molecule is OCCN(Cc1cncs1)CC1CCCN1. The van der Waals surface area contributed by atoms with Crippen molar-refractivity contribution in [2.24, 2.45) is 0 Å². The number of aliphatic hydroxyl groups excluding tert-OH is 1. The topological polar surface area (TPSA) is 48.4 Å². The van der Waals surface area contributed by atoms with E-state index in [1.54, 1.807) is 11.3 Å². The van der Waals surface area contributed by atoms with Gasteiger partial charge in [0, 0.05) is 36.8 Å². The fourth-order valence-electron chi connectivity index (χ4n) is 2.14. The molecule has 4 nitrogen and oxygen atoms in total. The summed E-state index contributed by atoms with van der Waals surface area (Å²) in [6.45, 7) is 4.04. The summed E-state index contributed by atoms with van der Waals surface area (Å²) in [5, 5.41) is 12.6. The first kappa shape index (κ1) is 12.0. The average molecular weight is 241 g/mol. The molecule has 0 bridgehead atoms. The Morgan fingerprint density at radius 3 is 3.19 bits per heavy atom. The zero-order valence-corrected chi connectivity index (χ0v) is 10.2. The Bertz CT molecular complexity index is 285. The molecule has 2 heterocycles. The highest BCUT2D eigenvalue weighted by atomic mass is 32.1. The number of thiazole rings is 1. The molecule has 1 aromatic heterocycles. The summed E-state index contributed by atoms with van der Waals surface area (Å²) in [4.78, 5) is 7.65. The molecule has 0 aliphatic carbocycles. The van der Waals surface area contributed by atoms with E-state index in [1.165, 1.54) is 17.7 Å². The van der Waals surface area contributed by atoms with E-state index in [0.29, 0.717) is 6.04 Å². The largest absolute Gasteiger partial charge is 0.395 e. The number of hydrogen-bond donors (Lipinski definition) is 2. The predicted molar refractivity (Wildman–Crippen MR) is 65.5 cm³/mol. The molecule has 1 unspecified atom stereocenters. The smallest absolute Gasteiger partial charge is 0.0794 e. The Morgan fingerprint density at radius 2 is 2.56 bits per heavy atom. The fraction of sp³-hybridized carbons (Fsp3) is 0.727. The Balaban J connectivity index is 1.83.